The first-order chi connectivity index (χ1) is 8.28. The molecule has 1 aromatic heterocycles. The zero-order valence-corrected chi connectivity index (χ0v) is 10.2. The molecule has 3 nitrogen and oxygen atoms in total. The van der Waals surface area contributed by atoms with Crippen LogP contribution < -0.4 is 5.73 Å². The lowest BCUT2D eigenvalue weighted by Crippen LogP contribution is -2.26. The second kappa shape index (κ2) is 4.15. The van der Waals surface area contributed by atoms with Gasteiger partial charge in [0.1, 0.15) is 5.82 Å². The van der Waals surface area contributed by atoms with Gasteiger partial charge in [-0.1, -0.05) is 19.4 Å². The van der Waals surface area contributed by atoms with Crippen molar-refractivity contribution >= 4 is 11.0 Å². The molecule has 90 valence electrons. The van der Waals surface area contributed by atoms with Crippen LogP contribution in [0.2, 0.25) is 0 Å². The molecule has 17 heavy (non-hydrogen) atoms. The summed E-state index contributed by atoms with van der Waals surface area (Å²) >= 11 is 0. The Morgan fingerprint density at radius 3 is 2.94 bits per heavy atom. The van der Waals surface area contributed by atoms with Crippen LogP contribution >= 0.6 is 0 Å². The number of aromatic nitrogens is 2. The largest absolute Gasteiger partial charge is 0.342 e. The molecule has 0 radical (unpaired) electrons. The van der Waals surface area contributed by atoms with Gasteiger partial charge in [-0.15, -0.1) is 0 Å². The van der Waals surface area contributed by atoms with Crippen LogP contribution in [-0.2, 0) is 6.42 Å². The topological polar surface area (TPSA) is 54.7 Å². The number of imidazole rings is 1. The summed E-state index contributed by atoms with van der Waals surface area (Å²) in [6, 6.07) is 6.58. The smallest absolute Gasteiger partial charge is 0.106 e. The predicted molar refractivity (Wildman–Crippen MR) is 69.7 cm³/mol. The minimum atomic E-state index is 0.196. The zero-order chi connectivity index (χ0) is 11.8. The van der Waals surface area contributed by atoms with E-state index in [2.05, 4.69) is 35.1 Å². The summed E-state index contributed by atoms with van der Waals surface area (Å²) in [5.41, 5.74) is 9.71. The van der Waals surface area contributed by atoms with Crippen molar-refractivity contribution in [2.45, 2.75) is 38.6 Å². The van der Waals surface area contributed by atoms with Crippen LogP contribution in [0, 0.1) is 5.92 Å². The highest BCUT2D eigenvalue weighted by Gasteiger charge is 2.25. The van der Waals surface area contributed by atoms with Gasteiger partial charge < -0.3 is 10.7 Å². The molecule has 0 saturated heterocycles. The number of nitrogens with one attached hydrogen (secondary N) is 1. The Balaban J connectivity index is 1.94. The van der Waals surface area contributed by atoms with Crippen LogP contribution in [0.4, 0.5) is 0 Å². The lowest BCUT2D eigenvalue weighted by atomic mass is 9.77. The number of rotatable bonds is 3. The molecule has 1 aliphatic rings. The van der Waals surface area contributed by atoms with Gasteiger partial charge in [0.2, 0.25) is 0 Å². The maximum atomic E-state index is 6.30. The van der Waals surface area contributed by atoms with E-state index in [1.54, 1.807) is 0 Å². The average molecular weight is 229 g/mol. The molecule has 1 atom stereocenters. The Labute approximate surface area is 101 Å². The number of H-pyrrole nitrogens is 1. The molecule has 0 spiro atoms. The Morgan fingerprint density at radius 1 is 1.47 bits per heavy atom. The molecule has 3 N–H and O–H groups in total. The fourth-order valence-corrected chi connectivity index (χ4v) is 2.53. The highest BCUT2D eigenvalue weighted by atomic mass is 14.9. The van der Waals surface area contributed by atoms with Gasteiger partial charge in [-0.2, -0.15) is 0 Å². The molecule has 1 saturated carbocycles. The number of nitrogens with zero attached hydrogens (tertiary/aromatic N) is 1. The van der Waals surface area contributed by atoms with Gasteiger partial charge in [0.05, 0.1) is 11.0 Å². The van der Waals surface area contributed by atoms with Crippen molar-refractivity contribution in [1.82, 2.24) is 9.97 Å². The Kier molecular flexibility index (Phi) is 2.63. The molecule has 0 aliphatic heterocycles. The van der Waals surface area contributed by atoms with Crippen LogP contribution in [0.5, 0.6) is 0 Å². The Hall–Kier alpha value is -1.35. The van der Waals surface area contributed by atoms with Crippen molar-refractivity contribution in [1.29, 1.82) is 0 Å². The summed E-state index contributed by atoms with van der Waals surface area (Å²) in [5, 5.41) is 0. The molecule has 1 heterocycles. The van der Waals surface area contributed by atoms with Crippen LogP contribution in [0.25, 0.3) is 11.0 Å². The number of aryl methyl sites for hydroxylation is 1. The van der Waals surface area contributed by atoms with Crippen LogP contribution in [-0.4, -0.2) is 9.97 Å². The second-order valence-electron chi connectivity index (χ2n) is 5.03. The molecular formula is C14H19N3. The van der Waals surface area contributed by atoms with Gasteiger partial charge in [-0.05, 0) is 36.5 Å². The van der Waals surface area contributed by atoms with Crippen LogP contribution in [0.3, 0.4) is 0 Å². The molecule has 1 unspecified atom stereocenters. The van der Waals surface area contributed by atoms with Gasteiger partial charge in [0, 0.05) is 12.5 Å². The minimum absolute atomic E-state index is 0.196. The maximum Gasteiger partial charge on any atom is 0.106 e. The fraction of sp³-hybridized carbons (Fsp3) is 0.500. The van der Waals surface area contributed by atoms with E-state index in [1.807, 2.05) is 0 Å². The summed E-state index contributed by atoms with van der Waals surface area (Å²) in [6.07, 6.45) is 4.84. The maximum absolute atomic E-state index is 6.30. The Morgan fingerprint density at radius 2 is 2.29 bits per heavy atom. The normalized spacial score (nSPS) is 18.2. The first-order valence-electron chi connectivity index (χ1n) is 6.52. The number of aromatic amines is 1. The lowest BCUT2D eigenvalue weighted by Gasteiger charge is -2.31. The summed E-state index contributed by atoms with van der Waals surface area (Å²) in [4.78, 5) is 7.86. The van der Waals surface area contributed by atoms with E-state index in [9.17, 15) is 0 Å². The summed E-state index contributed by atoms with van der Waals surface area (Å²) in [6.45, 7) is 2.11. The molecule has 0 bridgehead atoms. The van der Waals surface area contributed by atoms with E-state index in [4.69, 9.17) is 5.73 Å². The first-order valence-corrected chi connectivity index (χ1v) is 6.52. The monoisotopic (exact) mass is 229 g/mol. The summed E-state index contributed by atoms with van der Waals surface area (Å²) in [7, 11) is 0. The standard InChI is InChI=1S/C14H19N3/c1-2-13-16-11-7-6-10(8-12(11)17-13)14(15)9-4-3-5-9/h6-9,14H,2-5,15H2,1H3,(H,16,17). The SMILES string of the molecule is CCc1nc2ccc(C(N)C3CCC3)cc2[nH]1. The van der Waals surface area contributed by atoms with Gasteiger partial charge in [-0.3, -0.25) is 0 Å². The van der Waals surface area contributed by atoms with E-state index < -0.39 is 0 Å². The van der Waals surface area contributed by atoms with E-state index in [0.29, 0.717) is 5.92 Å². The second-order valence-corrected chi connectivity index (χ2v) is 5.03. The predicted octanol–water partition coefficient (Wildman–Crippen LogP) is 2.93. The first kappa shape index (κ1) is 10.8. The third-order valence-electron chi connectivity index (χ3n) is 3.93. The highest BCUT2D eigenvalue weighted by Crippen LogP contribution is 2.36. The van der Waals surface area contributed by atoms with Crippen molar-refractivity contribution in [3.63, 3.8) is 0 Å². The van der Waals surface area contributed by atoms with E-state index in [0.717, 1.165) is 23.3 Å². The third-order valence-corrected chi connectivity index (χ3v) is 3.93. The van der Waals surface area contributed by atoms with Crippen molar-refractivity contribution < 1.29 is 0 Å². The molecule has 3 rings (SSSR count). The van der Waals surface area contributed by atoms with Crippen LogP contribution in [0.15, 0.2) is 18.2 Å². The van der Waals surface area contributed by atoms with E-state index in [-0.39, 0.29) is 6.04 Å². The van der Waals surface area contributed by atoms with Gasteiger partial charge in [-0.25, -0.2) is 4.98 Å². The molecule has 1 fully saturated rings. The number of benzene rings is 1. The average Bonchev–Trinajstić information content (AvgIpc) is 2.68. The zero-order valence-electron chi connectivity index (χ0n) is 10.2. The van der Waals surface area contributed by atoms with E-state index >= 15 is 0 Å². The van der Waals surface area contributed by atoms with Crippen molar-refractivity contribution in [3.05, 3.63) is 29.6 Å². The minimum Gasteiger partial charge on any atom is -0.342 e. The third kappa shape index (κ3) is 1.84. The molecule has 2 aromatic rings. The number of hydrogen-bond donors (Lipinski definition) is 2. The summed E-state index contributed by atoms with van der Waals surface area (Å²) in [5.74, 6) is 1.73. The van der Waals surface area contributed by atoms with Crippen molar-refractivity contribution in [3.8, 4) is 0 Å². The number of hydrogen-bond acceptors (Lipinski definition) is 2. The molecule has 0 amide bonds. The molecule has 1 aromatic carbocycles. The van der Waals surface area contributed by atoms with Crippen LogP contribution in [0.1, 0.15) is 43.6 Å². The molecule has 3 heteroatoms. The quantitative estimate of drug-likeness (QED) is 0.850. The number of fused-ring (bicyclic) bond motifs is 1. The van der Waals surface area contributed by atoms with Gasteiger partial charge >= 0.3 is 0 Å². The van der Waals surface area contributed by atoms with Crippen molar-refractivity contribution in [2.75, 3.05) is 0 Å². The van der Waals surface area contributed by atoms with Crippen molar-refractivity contribution in [2.24, 2.45) is 11.7 Å². The molecular weight excluding hydrogens is 210 g/mol. The van der Waals surface area contributed by atoms with E-state index in [1.165, 1.54) is 24.8 Å². The lowest BCUT2D eigenvalue weighted by molar-refractivity contribution is 0.264. The van der Waals surface area contributed by atoms with Gasteiger partial charge in [0.15, 0.2) is 0 Å². The van der Waals surface area contributed by atoms with Gasteiger partial charge in [0.25, 0.3) is 0 Å². The highest BCUT2D eigenvalue weighted by molar-refractivity contribution is 5.76. The Bertz CT molecular complexity index is 525. The summed E-state index contributed by atoms with van der Waals surface area (Å²) < 4.78 is 0. The number of nitrogens with two attached hydrogens (primary N) is 1. The molecule has 1 aliphatic carbocycles. The fourth-order valence-electron chi connectivity index (χ4n) is 2.53.